The molecule has 0 bridgehead atoms. The van der Waals surface area contributed by atoms with Crippen molar-refractivity contribution in [3.05, 3.63) is 97.6 Å². The molecule has 0 N–H and O–H groups in total. The third-order valence-electron chi connectivity index (χ3n) is 7.83. The van der Waals surface area contributed by atoms with E-state index in [0.29, 0.717) is 30.4 Å². The number of nitrogens with zero attached hydrogens (tertiary/aromatic N) is 4. The van der Waals surface area contributed by atoms with Gasteiger partial charge in [0, 0.05) is 86.5 Å². The Hall–Kier alpha value is -2.78. The predicted molar refractivity (Wildman–Crippen MR) is 183 cm³/mol. The van der Waals surface area contributed by atoms with Crippen LogP contribution in [0.2, 0.25) is 5.02 Å². The summed E-state index contributed by atoms with van der Waals surface area (Å²) in [4.78, 5) is 6.75. The van der Waals surface area contributed by atoms with Crippen LogP contribution in [0.3, 0.4) is 0 Å². The van der Waals surface area contributed by atoms with Gasteiger partial charge in [0.05, 0.1) is 18.4 Å². The first-order valence-electron chi connectivity index (χ1n) is 13.5. The molecule has 5 rings (SSSR count). The monoisotopic (exact) mass is 614 g/mol. The second kappa shape index (κ2) is 13.0. The standard InChI is InChI=1S/C28H35ClN4O2S2.2C2H4/c1-21-28(10-14-31(15-11-28)37(4,5)35)25-9-12-30-19-27(25)33(21)20-24-18-22-17-23(29)7-8-26(22)32(24)13-6-16-36(2,3)34;2*1-2/h7-9,12,17-19H,1-2,4,6,10-11,13-16,20H2,3,5H3;2*1-2H2. The maximum atomic E-state index is 12.6. The number of benzene rings is 1. The number of piperidine rings is 1. The highest BCUT2D eigenvalue weighted by atomic mass is 35.5. The lowest BCUT2D eigenvalue weighted by atomic mass is 9.73. The van der Waals surface area contributed by atoms with Crippen molar-refractivity contribution in [3.63, 3.8) is 0 Å². The third-order valence-corrected chi connectivity index (χ3v) is 10.7. The molecule has 222 valence electrons. The van der Waals surface area contributed by atoms with Crippen LogP contribution in [0.5, 0.6) is 0 Å². The summed E-state index contributed by atoms with van der Waals surface area (Å²) < 4.78 is 29.2. The Kier molecular flexibility index (Phi) is 10.4. The van der Waals surface area contributed by atoms with E-state index >= 15 is 0 Å². The van der Waals surface area contributed by atoms with Gasteiger partial charge >= 0.3 is 0 Å². The summed E-state index contributed by atoms with van der Waals surface area (Å²) >= 11 is 6.33. The van der Waals surface area contributed by atoms with Crippen LogP contribution in [0.15, 0.2) is 81.3 Å². The highest BCUT2D eigenvalue weighted by Gasteiger charge is 2.48. The SMILES string of the molecule is C=C.C=C.C=C1N(Cc2cc3cc(Cl)ccc3n2CCCS(=C)(C)=O)c2cnccc2C12CCN(S(=C)(C)=O)CC2. The molecule has 1 aromatic carbocycles. The van der Waals surface area contributed by atoms with Gasteiger partial charge in [-0.1, -0.05) is 18.2 Å². The molecule has 0 aliphatic carbocycles. The van der Waals surface area contributed by atoms with Gasteiger partial charge in [0.2, 0.25) is 0 Å². The first-order chi connectivity index (χ1) is 19.4. The number of aromatic nitrogens is 2. The zero-order valence-electron chi connectivity index (χ0n) is 24.4. The lowest BCUT2D eigenvalue weighted by Crippen LogP contribution is -2.45. The number of aryl methyl sites for hydroxylation is 1. The molecule has 1 saturated heterocycles. The van der Waals surface area contributed by atoms with Crippen molar-refractivity contribution in [2.75, 3.05) is 36.3 Å². The number of anilines is 1. The third kappa shape index (κ3) is 6.83. The van der Waals surface area contributed by atoms with Gasteiger partial charge in [0.1, 0.15) is 0 Å². The van der Waals surface area contributed by atoms with E-state index in [1.807, 2.05) is 28.8 Å². The molecule has 6 nitrogen and oxygen atoms in total. The molecule has 2 aliphatic rings. The van der Waals surface area contributed by atoms with Crippen molar-refractivity contribution in [1.29, 1.82) is 0 Å². The summed E-state index contributed by atoms with van der Waals surface area (Å²) in [5, 5.41) is 1.79. The smallest absolute Gasteiger partial charge is 0.0640 e. The Bertz CT molecular complexity index is 1620. The average molecular weight is 615 g/mol. The van der Waals surface area contributed by atoms with Crippen molar-refractivity contribution >= 4 is 59.2 Å². The second-order valence-corrected chi connectivity index (χ2v) is 16.3. The van der Waals surface area contributed by atoms with Crippen LogP contribution >= 0.6 is 11.6 Å². The Labute approximate surface area is 252 Å². The fourth-order valence-electron chi connectivity index (χ4n) is 5.94. The largest absolute Gasteiger partial charge is 0.343 e. The Morgan fingerprint density at radius 3 is 2.29 bits per heavy atom. The molecule has 2 aromatic heterocycles. The predicted octanol–water partition coefficient (Wildman–Crippen LogP) is 6.16. The highest BCUT2D eigenvalue weighted by Crippen LogP contribution is 2.53. The van der Waals surface area contributed by atoms with Gasteiger partial charge < -0.3 is 9.47 Å². The molecule has 41 heavy (non-hydrogen) atoms. The van der Waals surface area contributed by atoms with E-state index in [1.54, 1.807) is 12.5 Å². The van der Waals surface area contributed by atoms with Crippen molar-refractivity contribution in [1.82, 2.24) is 13.9 Å². The molecule has 2 atom stereocenters. The second-order valence-electron chi connectivity index (χ2n) is 10.6. The topological polar surface area (TPSA) is 58.4 Å². The fraction of sp³-hybridized carbons (Fsp3) is 0.344. The molecule has 1 spiro atoms. The lowest BCUT2D eigenvalue weighted by Gasteiger charge is -2.41. The normalized spacial score (nSPS) is 18.9. The number of fused-ring (bicyclic) bond motifs is 3. The van der Waals surface area contributed by atoms with Crippen molar-refractivity contribution in [3.8, 4) is 0 Å². The van der Waals surface area contributed by atoms with E-state index in [9.17, 15) is 8.42 Å². The summed E-state index contributed by atoms with van der Waals surface area (Å²) in [6.45, 7) is 19.4. The van der Waals surface area contributed by atoms with Crippen LogP contribution in [-0.2, 0) is 37.7 Å². The number of halogens is 1. The Morgan fingerprint density at radius 2 is 1.68 bits per heavy atom. The number of rotatable bonds is 7. The lowest BCUT2D eigenvalue weighted by molar-refractivity contribution is 0.275. The van der Waals surface area contributed by atoms with Gasteiger partial charge in [0.25, 0.3) is 0 Å². The molecular weight excluding hydrogens is 572 g/mol. The average Bonchev–Trinajstić information content (AvgIpc) is 3.38. The van der Waals surface area contributed by atoms with Crippen molar-refractivity contribution in [2.24, 2.45) is 0 Å². The number of pyridine rings is 1. The molecule has 0 radical (unpaired) electrons. The molecule has 2 unspecified atom stereocenters. The van der Waals surface area contributed by atoms with Gasteiger partial charge in [-0.25, -0.2) is 4.31 Å². The molecule has 1 fully saturated rings. The zero-order valence-corrected chi connectivity index (χ0v) is 26.8. The first-order valence-corrected chi connectivity index (χ1v) is 18.2. The number of hydrogen-bond acceptors (Lipinski definition) is 4. The van der Waals surface area contributed by atoms with Gasteiger partial charge in [-0.15, -0.1) is 26.3 Å². The minimum Gasteiger partial charge on any atom is -0.343 e. The van der Waals surface area contributed by atoms with Crippen LogP contribution < -0.4 is 4.90 Å². The molecule has 0 amide bonds. The molecule has 3 aromatic rings. The minimum atomic E-state index is -2.23. The molecule has 4 heterocycles. The van der Waals surface area contributed by atoms with E-state index in [2.05, 4.69) is 77.3 Å². The quantitative estimate of drug-likeness (QED) is 0.236. The molecule has 0 saturated carbocycles. The fourth-order valence-corrected chi connectivity index (χ4v) is 7.82. The van der Waals surface area contributed by atoms with Crippen LogP contribution in [0.4, 0.5) is 5.69 Å². The van der Waals surface area contributed by atoms with Gasteiger partial charge in [-0.3, -0.25) is 13.4 Å². The highest BCUT2D eigenvalue weighted by molar-refractivity contribution is 7.99. The van der Waals surface area contributed by atoms with Gasteiger partial charge in [-0.2, -0.15) is 0 Å². The summed E-state index contributed by atoms with van der Waals surface area (Å²) in [5.74, 6) is 8.30. The van der Waals surface area contributed by atoms with E-state index in [0.717, 1.165) is 53.8 Å². The summed E-state index contributed by atoms with van der Waals surface area (Å²) in [6, 6.07) is 10.3. The van der Waals surface area contributed by atoms with E-state index < -0.39 is 19.2 Å². The Morgan fingerprint density at radius 1 is 1.02 bits per heavy atom. The van der Waals surface area contributed by atoms with Crippen molar-refractivity contribution in [2.45, 2.75) is 37.8 Å². The van der Waals surface area contributed by atoms with Gasteiger partial charge in [0.15, 0.2) is 0 Å². The van der Waals surface area contributed by atoms with E-state index in [-0.39, 0.29) is 5.41 Å². The summed E-state index contributed by atoms with van der Waals surface area (Å²) in [7, 11) is -4.29. The number of hydrogen-bond donors (Lipinski definition) is 0. The first kappa shape index (κ1) is 32.7. The Balaban J connectivity index is 0.00000111. The van der Waals surface area contributed by atoms with E-state index in [4.69, 9.17) is 11.6 Å². The van der Waals surface area contributed by atoms with Crippen LogP contribution in [-0.4, -0.2) is 65.4 Å². The maximum absolute atomic E-state index is 12.6. The van der Waals surface area contributed by atoms with Gasteiger partial charge in [-0.05, 0) is 76.4 Å². The van der Waals surface area contributed by atoms with Crippen LogP contribution in [0.25, 0.3) is 10.9 Å². The molecule has 2 aliphatic heterocycles. The maximum Gasteiger partial charge on any atom is 0.0640 e. The molecular formula is C32H43ClN4O2S2. The molecule has 9 heteroatoms. The summed E-state index contributed by atoms with van der Waals surface area (Å²) in [5.41, 5.74) is 5.43. The minimum absolute atomic E-state index is 0.207. The van der Waals surface area contributed by atoms with Crippen LogP contribution in [0, 0.1) is 0 Å². The van der Waals surface area contributed by atoms with E-state index in [1.165, 1.54) is 5.56 Å². The van der Waals surface area contributed by atoms with Crippen molar-refractivity contribution < 1.29 is 8.42 Å². The number of allylic oxidation sites excluding steroid dienone is 1. The van der Waals surface area contributed by atoms with Crippen LogP contribution in [0.1, 0.15) is 30.5 Å². The summed E-state index contributed by atoms with van der Waals surface area (Å²) in [6.07, 6.45) is 9.68. The zero-order chi connectivity index (χ0) is 30.6.